The van der Waals surface area contributed by atoms with E-state index in [0.717, 1.165) is 12.0 Å². The van der Waals surface area contributed by atoms with Crippen molar-refractivity contribution < 1.29 is 14.8 Å². The van der Waals surface area contributed by atoms with Crippen LogP contribution in [0.25, 0.3) is 0 Å². The average Bonchev–Trinajstić information content (AvgIpc) is 2.47. The molecule has 0 spiro atoms. The molecule has 5 nitrogen and oxygen atoms in total. The summed E-state index contributed by atoms with van der Waals surface area (Å²) in [4.78, 5) is 10.3. The number of hydrogen-bond acceptors (Lipinski definition) is 4. The van der Waals surface area contributed by atoms with Crippen LogP contribution in [-0.2, 0) is 13.0 Å². The average molecular weight is 273 g/mol. The van der Waals surface area contributed by atoms with Crippen molar-refractivity contribution in [2.75, 3.05) is 0 Å². The number of hydrogen-bond donors (Lipinski definition) is 1. The van der Waals surface area contributed by atoms with E-state index < -0.39 is 11.5 Å². The summed E-state index contributed by atoms with van der Waals surface area (Å²) < 4.78 is 5.66. The van der Waals surface area contributed by atoms with Gasteiger partial charge in [0.2, 0.25) is 0 Å². The Bertz CT molecular complexity index is 625. The summed E-state index contributed by atoms with van der Waals surface area (Å²) in [6.07, 6.45) is 0.902. The van der Waals surface area contributed by atoms with E-state index in [1.54, 1.807) is 0 Å². The first-order valence-electron chi connectivity index (χ1n) is 6.29. The molecule has 0 saturated heterocycles. The second-order valence-electron chi connectivity index (χ2n) is 4.31. The normalized spacial score (nSPS) is 10.3. The quantitative estimate of drug-likeness (QED) is 0.669. The van der Waals surface area contributed by atoms with Gasteiger partial charge in [-0.2, -0.15) is 0 Å². The fraction of sp³-hybridized carbons (Fsp3) is 0.200. The standard InChI is InChI=1S/C15H15NO4/c1-2-11-4-3-5-13(8-11)20-14-6-7-15(16(18)19)12(9-14)10-17/h3-9,17H,2,10H2,1H3. The van der Waals surface area contributed by atoms with Crippen LogP contribution in [0.4, 0.5) is 5.69 Å². The summed E-state index contributed by atoms with van der Waals surface area (Å²) in [5, 5.41) is 20.0. The molecule has 0 saturated carbocycles. The van der Waals surface area contributed by atoms with Crippen LogP contribution in [0.15, 0.2) is 42.5 Å². The molecule has 0 radical (unpaired) electrons. The number of benzene rings is 2. The van der Waals surface area contributed by atoms with Crippen molar-refractivity contribution in [1.29, 1.82) is 0 Å². The maximum Gasteiger partial charge on any atom is 0.275 e. The number of nitro groups is 1. The minimum absolute atomic E-state index is 0.109. The zero-order chi connectivity index (χ0) is 14.5. The van der Waals surface area contributed by atoms with Gasteiger partial charge in [0.1, 0.15) is 11.5 Å². The van der Waals surface area contributed by atoms with E-state index in [2.05, 4.69) is 6.92 Å². The third-order valence-corrected chi connectivity index (χ3v) is 2.96. The highest BCUT2D eigenvalue weighted by Gasteiger charge is 2.14. The van der Waals surface area contributed by atoms with Gasteiger partial charge in [0.15, 0.2) is 0 Å². The largest absolute Gasteiger partial charge is 0.457 e. The number of rotatable bonds is 5. The molecule has 0 aromatic heterocycles. The first kappa shape index (κ1) is 14.0. The van der Waals surface area contributed by atoms with Crippen LogP contribution in [0.5, 0.6) is 11.5 Å². The predicted molar refractivity (Wildman–Crippen MR) is 74.9 cm³/mol. The first-order valence-corrected chi connectivity index (χ1v) is 6.29. The molecular weight excluding hydrogens is 258 g/mol. The molecule has 0 atom stereocenters. The molecule has 0 amide bonds. The third kappa shape index (κ3) is 3.13. The lowest BCUT2D eigenvalue weighted by Crippen LogP contribution is -1.96. The fourth-order valence-corrected chi connectivity index (χ4v) is 1.90. The van der Waals surface area contributed by atoms with Crippen molar-refractivity contribution in [2.45, 2.75) is 20.0 Å². The van der Waals surface area contributed by atoms with Crippen molar-refractivity contribution in [3.8, 4) is 11.5 Å². The van der Waals surface area contributed by atoms with E-state index in [4.69, 9.17) is 4.74 Å². The number of nitrogens with zero attached hydrogens (tertiary/aromatic N) is 1. The van der Waals surface area contributed by atoms with Gasteiger partial charge in [-0.05, 0) is 36.2 Å². The number of aliphatic hydroxyl groups is 1. The third-order valence-electron chi connectivity index (χ3n) is 2.96. The Balaban J connectivity index is 2.27. The lowest BCUT2D eigenvalue weighted by molar-refractivity contribution is -0.385. The Hall–Kier alpha value is -2.40. The molecule has 5 heteroatoms. The van der Waals surface area contributed by atoms with Gasteiger partial charge in [-0.3, -0.25) is 10.1 Å². The molecule has 0 aliphatic carbocycles. The molecule has 2 rings (SSSR count). The molecule has 1 N–H and O–H groups in total. The van der Waals surface area contributed by atoms with Gasteiger partial charge >= 0.3 is 0 Å². The van der Waals surface area contributed by atoms with Gasteiger partial charge in [0, 0.05) is 6.07 Å². The van der Waals surface area contributed by atoms with Crippen molar-refractivity contribution in [3.05, 3.63) is 63.7 Å². The second kappa shape index (κ2) is 6.16. The Morgan fingerprint density at radius 3 is 2.60 bits per heavy atom. The van der Waals surface area contributed by atoms with Gasteiger partial charge in [-0.15, -0.1) is 0 Å². The van der Waals surface area contributed by atoms with Crippen LogP contribution in [0, 0.1) is 10.1 Å². The van der Waals surface area contributed by atoms with E-state index in [0.29, 0.717) is 11.5 Å². The number of nitro benzene ring substituents is 1. The maximum absolute atomic E-state index is 10.8. The van der Waals surface area contributed by atoms with Gasteiger partial charge in [-0.1, -0.05) is 19.1 Å². The molecule has 0 bridgehead atoms. The SMILES string of the molecule is CCc1cccc(Oc2ccc([N+](=O)[O-])c(CO)c2)c1. The van der Waals surface area contributed by atoms with E-state index in [1.807, 2.05) is 24.3 Å². The van der Waals surface area contributed by atoms with Gasteiger partial charge < -0.3 is 9.84 Å². The van der Waals surface area contributed by atoms with Crippen LogP contribution in [0.2, 0.25) is 0 Å². The smallest absolute Gasteiger partial charge is 0.275 e. The van der Waals surface area contributed by atoms with E-state index in [1.165, 1.54) is 18.2 Å². The zero-order valence-electron chi connectivity index (χ0n) is 11.1. The van der Waals surface area contributed by atoms with Crippen LogP contribution in [0.1, 0.15) is 18.1 Å². The number of aliphatic hydroxyl groups excluding tert-OH is 1. The highest BCUT2D eigenvalue weighted by atomic mass is 16.6. The Morgan fingerprint density at radius 2 is 1.95 bits per heavy atom. The van der Waals surface area contributed by atoms with Gasteiger partial charge in [-0.25, -0.2) is 0 Å². The maximum atomic E-state index is 10.8. The van der Waals surface area contributed by atoms with Crippen molar-refractivity contribution in [1.82, 2.24) is 0 Å². The summed E-state index contributed by atoms with van der Waals surface area (Å²) in [5.41, 5.74) is 1.27. The summed E-state index contributed by atoms with van der Waals surface area (Å²) in [6, 6.07) is 12.0. The van der Waals surface area contributed by atoms with Crippen LogP contribution in [0.3, 0.4) is 0 Å². The summed E-state index contributed by atoms with van der Waals surface area (Å²) in [7, 11) is 0. The van der Waals surface area contributed by atoms with Crippen LogP contribution in [-0.4, -0.2) is 10.0 Å². The zero-order valence-corrected chi connectivity index (χ0v) is 11.1. The van der Waals surface area contributed by atoms with Crippen molar-refractivity contribution in [2.24, 2.45) is 0 Å². The Morgan fingerprint density at radius 1 is 1.20 bits per heavy atom. The van der Waals surface area contributed by atoms with E-state index >= 15 is 0 Å². The van der Waals surface area contributed by atoms with E-state index in [9.17, 15) is 15.2 Å². The molecular formula is C15H15NO4. The van der Waals surface area contributed by atoms with Gasteiger partial charge in [0.05, 0.1) is 17.1 Å². The summed E-state index contributed by atoms with van der Waals surface area (Å²) >= 11 is 0. The number of aryl methyl sites for hydroxylation is 1. The Labute approximate surface area is 116 Å². The molecule has 0 aliphatic rings. The monoisotopic (exact) mass is 273 g/mol. The number of ether oxygens (including phenoxy) is 1. The lowest BCUT2D eigenvalue weighted by Gasteiger charge is -2.08. The molecule has 2 aromatic rings. The fourth-order valence-electron chi connectivity index (χ4n) is 1.90. The lowest BCUT2D eigenvalue weighted by atomic mass is 10.1. The molecule has 0 heterocycles. The van der Waals surface area contributed by atoms with Crippen molar-refractivity contribution in [3.63, 3.8) is 0 Å². The summed E-state index contributed by atoms with van der Waals surface area (Å²) in [6.45, 7) is 1.65. The molecule has 20 heavy (non-hydrogen) atoms. The highest BCUT2D eigenvalue weighted by Crippen LogP contribution is 2.28. The van der Waals surface area contributed by atoms with Gasteiger partial charge in [0.25, 0.3) is 5.69 Å². The van der Waals surface area contributed by atoms with Crippen LogP contribution < -0.4 is 4.74 Å². The van der Waals surface area contributed by atoms with Crippen LogP contribution >= 0.6 is 0 Å². The Kier molecular flexibility index (Phi) is 4.32. The minimum Gasteiger partial charge on any atom is -0.457 e. The second-order valence-corrected chi connectivity index (χ2v) is 4.31. The topological polar surface area (TPSA) is 72.6 Å². The molecule has 0 fully saturated rings. The molecule has 104 valence electrons. The highest BCUT2D eigenvalue weighted by molar-refractivity contribution is 5.46. The first-order chi connectivity index (χ1) is 9.63. The summed E-state index contributed by atoms with van der Waals surface area (Å²) in [5.74, 6) is 1.13. The molecule has 0 aliphatic heterocycles. The minimum atomic E-state index is -0.521. The molecule has 2 aromatic carbocycles. The molecule has 0 unspecified atom stereocenters. The van der Waals surface area contributed by atoms with Crippen molar-refractivity contribution >= 4 is 5.69 Å². The van der Waals surface area contributed by atoms with E-state index in [-0.39, 0.29) is 11.3 Å². The predicted octanol–water partition coefficient (Wildman–Crippen LogP) is 3.44.